The van der Waals surface area contributed by atoms with Crippen LogP contribution in [0.25, 0.3) is 0 Å². The molecule has 1 atom stereocenters. The number of amides is 2. The second-order valence-corrected chi connectivity index (χ2v) is 6.88. The van der Waals surface area contributed by atoms with Crippen LogP contribution >= 0.6 is 0 Å². The molecule has 0 aliphatic carbocycles. The minimum atomic E-state index is -0.542. The summed E-state index contributed by atoms with van der Waals surface area (Å²) >= 11 is 0. The molecule has 6 heteroatoms. The molecule has 1 aromatic rings. The number of aliphatic hydroxyl groups excluding tert-OH is 1. The average Bonchev–Trinajstić information content (AvgIpc) is 3.04. The Balaban J connectivity index is 2.06. The van der Waals surface area contributed by atoms with Gasteiger partial charge in [-0.3, -0.25) is 0 Å². The Morgan fingerprint density at radius 2 is 2.00 bits per heavy atom. The molecule has 2 amide bonds. The zero-order valence-corrected chi connectivity index (χ0v) is 15.2. The van der Waals surface area contributed by atoms with Crippen molar-refractivity contribution < 1.29 is 9.90 Å². The third-order valence-corrected chi connectivity index (χ3v) is 4.28. The molecular formula is C18H30N4O2. The standard InChI is InChI=1S/C18H30N4O2/c1-13(2)22(12-15(4)23)18(24)19-11-16-8-7-14(3)20-17(16)21-9-5-6-10-21/h7-8,13,15,23H,5-6,9-12H2,1-4H3,(H,19,24). The Morgan fingerprint density at radius 1 is 1.33 bits per heavy atom. The van der Waals surface area contributed by atoms with E-state index in [1.54, 1.807) is 11.8 Å². The van der Waals surface area contributed by atoms with Gasteiger partial charge in [0.05, 0.1) is 6.10 Å². The molecule has 1 aromatic heterocycles. The number of aliphatic hydroxyl groups is 1. The highest BCUT2D eigenvalue weighted by atomic mass is 16.3. The van der Waals surface area contributed by atoms with Crippen molar-refractivity contribution in [2.75, 3.05) is 24.5 Å². The van der Waals surface area contributed by atoms with Gasteiger partial charge in [-0.2, -0.15) is 0 Å². The second-order valence-electron chi connectivity index (χ2n) is 6.88. The maximum Gasteiger partial charge on any atom is 0.317 e. The molecule has 1 saturated heterocycles. The van der Waals surface area contributed by atoms with Gasteiger partial charge in [0.2, 0.25) is 0 Å². The van der Waals surface area contributed by atoms with Gasteiger partial charge >= 0.3 is 6.03 Å². The molecule has 0 bridgehead atoms. The molecule has 2 N–H and O–H groups in total. The van der Waals surface area contributed by atoms with Crippen LogP contribution in [-0.4, -0.2) is 52.8 Å². The number of hydrogen-bond donors (Lipinski definition) is 2. The predicted octanol–water partition coefficient (Wildman–Crippen LogP) is 2.29. The lowest BCUT2D eigenvalue weighted by Gasteiger charge is -2.28. The number of nitrogens with zero attached hydrogens (tertiary/aromatic N) is 3. The first-order chi connectivity index (χ1) is 11.4. The van der Waals surface area contributed by atoms with E-state index in [4.69, 9.17) is 0 Å². The van der Waals surface area contributed by atoms with Crippen molar-refractivity contribution in [2.24, 2.45) is 0 Å². The van der Waals surface area contributed by atoms with Gasteiger partial charge in [0.1, 0.15) is 5.82 Å². The zero-order chi connectivity index (χ0) is 17.7. The van der Waals surface area contributed by atoms with Gasteiger partial charge < -0.3 is 20.2 Å². The minimum Gasteiger partial charge on any atom is -0.392 e. The van der Waals surface area contributed by atoms with Crippen LogP contribution in [0.15, 0.2) is 12.1 Å². The third-order valence-electron chi connectivity index (χ3n) is 4.28. The first-order valence-electron chi connectivity index (χ1n) is 8.82. The monoisotopic (exact) mass is 334 g/mol. The number of carbonyl (C=O) groups is 1. The molecule has 1 fully saturated rings. The fraction of sp³-hybridized carbons (Fsp3) is 0.667. The van der Waals surface area contributed by atoms with E-state index in [1.165, 1.54) is 12.8 Å². The number of rotatable bonds is 6. The van der Waals surface area contributed by atoms with Crippen molar-refractivity contribution in [2.45, 2.75) is 59.2 Å². The van der Waals surface area contributed by atoms with Crippen molar-refractivity contribution in [3.8, 4) is 0 Å². The molecule has 2 heterocycles. The van der Waals surface area contributed by atoms with E-state index >= 15 is 0 Å². The first kappa shape index (κ1) is 18.5. The number of anilines is 1. The lowest BCUT2D eigenvalue weighted by molar-refractivity contribution is 0.119. The van der Waals surface area contributed by atoms with Gasteiger partial charge in [0.25, 0.3) is 0 Å². The molecule has 1 unspecified atom stereocenters. The molecule has 1 aliphatic rings. The molecule has 1 aliphatic heterocycles. The van der Waals surface area contributed by atoms with Gasteiger partial charge in [-0.25, -0.2) is 9.78 Å². The van der Waals surface area contributed by atoms with Gasteiger partial charge in [0, 0.05) is 43.5 Å². The van der Waals surface area contributed by atoms with Crippen LogP contribution in [0.1, 0.15) is 44.9 Å². The van der Waals surface area contributed by atoms with Crippen molar-refractivity contribution in [3.05, 3.63) is 23.4 Å². The summed E-state index contributed by atoms with van der Waals surface area (Å²) in [5.41, 5.74) is 2.03. The Morgan fingerprint density at radius 3 is 2.58 bits per heavy atom. The summed E-state index contributed by atoms with van der Waals surface area (Å²) in [6, 6.07) is 3.91. The molecule has 24 heavy (non-hydrogen) atoms. The zero-order valence-electron chi connectivity index (χ0n) is 15.2. The highest BCUT2D eigenvalue weighted by Gasteiger charge is 2.21. The second kappa shape index (κ2) is 8.33. The number of pyridine rings is 1. The first-order valence-corrected chi connectivity index (χ1v) is 8.82. The molecule has 0 radical (unpaired) electrons. The van der Waals surface area contributed by atoms with E-state index in [0.29, 0.717) is 13.1 Å². The van der Waals surface area contributed by atoms with Crippen molar-refractivity contribution >= 4 is 11.8 Å². The molecule has 0 spiro atoms. The maximum absolute atomic E-state index is 12.5. The fourth-order valence-electron chi connectivity index (χ4n) is 3.00. The number of urea groups is 1. The van der Waals surface area contributed by atoms with E-state index in [-0.39, 0.29) is 12.1 Å². The average molecular weight is 334 g/mol. The van der Waals surface area contributed by atoms with Crippen molar-refractivity contribution in [1.29, 1.82) is 0 Å². The highest BCUT2D eigenvalue weighted by Crippen LogP contribution is 2.23. The van der Waals surface area contributed by atoms with Crippen molar-refractivity contribution in [1.82, 2.24) is 15.2 Å². The van der Waals surface area contributed by atoms with Crippen LogP contribution in [0, 0.1) is 6.92 Å². The number of aryl methyl sites for hydroxylation is 1. The Kier molecular flexibility index (Phi) is 6.43. The smallest absolute Gasteiger partial charge is 0.317 e. The van der Waals surface area contributed by atoms with E-state index in [0.717, 1.165) is 30.2 Å². The summed E-state index contributed by atoms with van der Waals surface area (Å²) < 4.78 is 0. The lowest BCUT2D eigenvalue weighted by atomic mass is 10.2. The number of aromatic nitrogens is 1. The molecule has 0 aromatic carbocycles. The van der Waals surface area contributed by atoms with E-state index in [1.807, 2.05) is 32.9 Å². The summed E-state index contributed by atoms with van der Waals surface area (Å²) in [6.45, 7) is 10.4. The Bertz CT molecular complexity index is 554. The quantitative estimate of drug-likeness (QED) is 0.837. The van der Waals surface area contributed by atoms with E-state index < -0.39 is 6.10 Å². The SMILES string of the molecule is Cc1ccc(CNC(=O)N(CC(C)O)C(C)C)c(N2CCCC2)n1. The summed E-state index contributed by atoms with van der Waals surface area (Å²) in [4.78, 5) is 21.1. The summed E-state index contributed by atoms with van der Waals surface area (Å²) in [7, 11) is 0. The normalized spacial score (nSPS) is 15.7. The molecule has 0 saturated carbocycles. The van der Waals surface area contributed by atoms with Gasteiger partial charge in [-0.1, -0.05) is 6.07 Å². The van der Waals surface area contributed by atoms with Gasteiger partial charge in [0.15, 0.2) is 0 Å². The molecule has 2 rings (SSSR count). The molecule has 6 nitrogen and oxygen atoms in total. The largest absolute Gasteiger partial charge is 0.392 e. The van der Waals surface area contributed by atoms with Crippen molar-refractivity contribution in [3.63, 3.8) is 0 Å². The topological polar surface area (TPSA) is 68.7 Å². The van der Waals surface area contributed by atoms with Crippen LogP contribution in [0.2, 0.25) is 0 Å². The Hall–Kier alpha value is -1.82. The minimum absolute atomic E-state index is 0.0359. The predicted molar refractivity (Wildman–Crippen MR) is 96.2 cm³/mol. The number of hydrogen-bond acceptors (Lipinski definition) is 4. The van der Waals surface area contributed by atoms with Gasteiger partial charge in [-0.15, -0.1) is 0 Å². The van der Waals surface area contributed by atoms with Crippen LogP contribution in [0.5, 0.6) is 0 Å². The fourth-order valence-corrected chi connectivity index (χ4v) is 3.00. The van der Waals surface area contributed by atoms with E-state index in [2.05, 4.69) is 15.2 Å². The summed E-state index contributed by atoms with van der Waals surface area (Å²) in [5, 5.41) is 12.6. The molecular weight excluding hydrogens is 304 g/mol. The third kappa shape index (κ3) is 4.84. The van der Waals surface area contributed by atoms with E-state index in [9.17, 15) is 9.90 Å². The van der Waals surface area contributed by atoms with Gasteiger partial charge in [-0.05, 0) is 46.6 Å². The number of carbonyl (C=O) groups excluding carboxylic acids is 1. The van der Waals surface area contributed by atoms with Crippen LogP contribution in [-0.2, 0) is 6.54 Å². The maximum atomic E-state index is 12.5. The highest BCUT2D eigenvalue weighted by molar-refractivity contribution is 5.74. The van der Waals surface area contributed by atoms with Crippen LogP contribution < -0.4 is 10.2 Å². The summed E-state index contributed by atoms with van der Waals surface area (Å²) in [5.74, 6) is 0.986. The Labute approximate surface area is 144 Å². The lowest BCUT2D eigenvalue weighted by Crippen LogP contribution is -2.46. The van der Waals surface area contributed by atoms with Crippen LogP contribution in [0.3, 0.4) is 0 Å². The molecule has 134 valence electrons. The summed E-state index contributed by atoms with van der Waals surface area (Å²) in [6.07, 6.45) is 1.84. The number of nitrogens with one attached hydrogen (secondary N) is 1. The van der Waals surface area contributed by atoms with Crippen LogP contribution in [0.4, 0.5) is 10.6 Å².